The van der Waals surface area contributed by atoms with Crippen LogP contribution in [0.4, 0.5) is 0 Å². The minimum atomic E-state index is -0.692. The van der Waals surface area contributed by atoms with E-state index in [4.69, 9.17) is 11.1 Å². The van der Waals surface area contributed by atoms with Gasteiger partial charge in [-0.3, -0.25) is 15.0 Å². The van der Waals surface area contributed by atoms with Crippen molar-refractivity contribution in [2.45, 2.75) is 51.7 Å². The third-order valence-electron chi connectivity index (χ3n) is 4.23. The van der Waals surface area contributed by atoms with Gasteiger partial charge in [0.25, 0.3) is 0 Å². The Balaban J connectivity index is 2.50. The van der Waals surface area contributed by atoms with E-state index in [2.05, 4.69) is 21.3 Å². The molecule has 0 fully saturated rings. The van der Waals surface area contributed by atoms with Gasteiger partial charge in [0.1, 0.15) is 6.04 Å². The van der Waals surface area contributed by atoms with Crippen LogP contribution in [0, 0.1) is 11.3 Å². The number of rotatable bonds is 11. The van der Waals surface area contributed by atoms with Gasteiger partial charge in [0, 0.05) is 20.1 Å². The second kappa shape index (κ2) is 12.7. The second-order valence-electron chi connectivity index (χ2n) is 7.19. The first kappa shape index (κ1) is 23.4. The Hall–Kier alpha value is -2.61. The summed E-state index contributed by atoms with van der Waals surface area (Å²) in [6, 6.07) is 8.33. The van der Waals surface area contributed by atoms with Crippen LogP contribution >= 0.6 is 0 Å². The molecular weight excluding hydrogens is 356 g/mol. The van der Waals surface area contributed by atoms with E-state index >= 15 is 0 Å². The number of guanidine groups is 1. The Labute approximate surface area is 167 Å². The van der Waals surface area contributed by atoms with Crippen LogP contribution in [0.15, 0.2) is 30.3 Å². The van der Waals surface area contributed by atoms with E-state index < -0.39 is 12.1 Å². The zero-order chi connectivity index (χ0) is 20.9. The van der Waals surface area contributed by atoms with Gasteiger partial charge in [-0.05, 0) is 30.7 Å². The van der Waals surface area contributed by atoms with Gasteiger partial charge in [-0.15, -0.1) is 0 Å². The van der Waals surface area contributed by atoms with Crippen LogP contribution in [0.25, 0.3) is 0 Å². The number of nitrogens with one attached hydrogen (secondary N) is 5. The summed E-state index contributed by atoms with van der Waals surface area (Å²) in [6.45, 7) is 4.98. The Kier molecular flexibility index (Phi) is 10.6. The Morgan fingerprint density at radius 2 is 1.79 bits per heavy atom. The van der Waals surface area contributed by atoms with E-state index in [9.17, 15) is 9.59 Å². The highest BCUT2D eigenvalue weighted by Crippen LogP contribution is 2.07. The molecule has 1 aromatic rings. The Morgan fingerprint density at radius 1 is 1.11 bits per heavy atom. The smallest absolute Gasteiger partial charge is 0.242 e. The van der Waals surface area contributed by atoms with E-state index in [0.29, 0.717) is 32.4 Å². The molecule has 0 saturated heterocycles. The van der Waals surface area contributed by atoms with Crippen molar-refractivity contribution >= 4 is 17.8 Å². The molecule has 0 aromatic heterocycles. The molecule has 0 bridgehead atoms. The topological polar surface area (TPSA) is 132 Å². The maximum atomic E-state index is 12.6. The number of hydrogen-bond acceptors (Lipinski definition) is 4. The van der Waals surface area contributed by atoms with E-state index in [1.165, 1.54) is 0 Å². The summed E-state index contributed by atoms with van der Waals surface area (Å²) >= 11 is 0. The quantitative estimate of drug-likeness (QED) is 0.188. The fourth-order valence-corrected chi connectivity index (χ4v) is 2.64. The minimum absolute atomic E-state index is 0.206. The van der Waals surface area contributed by atoms with Crippen molar-refractivity contribution in [2.24, 2.45) is 11.7 Å². The third kappa shape index (κ3) is 9.36. The maximum Gasteiger partial charge on any atom is 0.242 e. The summed E-state index contributed by atoms with van der Waals surface area (Å²) in [4.78, 5) is 25.0. The molecule has 0 saturated carbocycles. The highest BCUT2D eigenvalue weighted by molar-refractivity contribution is 5.89. The Bertz CT molecular complexity index is 620. The largest absolute Gasteiger partial charge is 0.360 e. The van der Waals surface area contributed by atoms with Crippen LogP contribution in [0.5, 0.6) is 0 Å². The summed E-state index contributed by atoms with van der Waals surface area (Å²) in [5.41, 5.74) is 6.97. The minimum Gasteiger partial charge on any atom is -0.360 e. The lowest BCUT2D eigenvalue weighted by molar-refractivity contribution is -0.130. The van der Waals surface area contributed by atoms with Gasteiger partial charge >= 0.3 is 0 Å². The van der Waals surface area contributed by atoms with Crippen molar-refractivity contribution in [3.8, 4) is 0 Å². The molecule has 28 heavy (non-hydrogen) atoms. The van der Waals surface area contributed by atoms with Crippen molar-refractivity contribution in [1.82, 2.24) is 21.3 Å². The molecule has 2 amide bonds. The molecule has 0 aliphatic carbocycles. The number of carbonyl (C=O) groups is 2. The summed E-state index contributed by atoms with van der Waals surface area (Å²) in [5.74, 6) is -0.0581. The van der Waals surface area contributed by atoms with Crippen LogP contribution in [0.1, 0.15) is 38.7 Å². The number of carbonyl (C=O) groups excluding carboxylic acids is 2. The average Bonchev–Trinajstić information content (AvgIpc) is 2.68. The first-order valence-electron chi connectivity index (χ1n) is 9.71. The fourth-order valence-electron chi connectivity index (χ4n) is 2.64. The monoisotopic (exact) mass is 390 g/mol. The normalized spacial score (nSPS) is 12.8. The Morgan fingerprint density at radius 3 is 2.39 bits per heavy atom. The van der Waals surface area contributed by atoms with Crippen molar-refractivity contribution in [1.29, 1.82) is 5.41 Å². The summed E-state index contributed by atoms with van der Waals surface area (Å²) in [6.07, 6.45) is 1.66. The maximum absolute atomic E-state index is 12.6. The average molecular weight is 391 g/mol. The molecule has 0 unspecified atom stereocenters. The second-order valence-corrected chi connectivity index (χ2v) is 7.19. The van der Waals surface area contributed by atoms with Gasteiger partial charge in [-0.2, -0.15) is 0 Å². The summed E-state index contributed by atoms with van der Waals surface area (Å²) in [7, 11) is 1.66. The molecule has 8 nitrogen and oxygen atoms in total. The summed E-state index contributed by atoms with van der Waals surface area (Å²) < 4.78 is 0. The van der Waals surface area contributed by atoms with E-state index in [0.717, 1.165) is 5.56 Å². The molecule has 0 radical (unpaired) electrons. The molecule has 156 valence electrons. The molecular formula is C20H34N6O2. The van der Waals surface area contributed by atoms with Gasteiger partial charge < -0.3 is 27.0 Å². The molecule has 7 N–H and O–H groups in total. The third-order valence-corrected chi connectivity index (χ3v) is 4.23. The molecule has 0 spiro atoms. The molecule has 1 aromatic carbocycles. The van der Waals surface area contributed by atoms with Gasteiger partial charge in [-0.1, -0.05) is 44.2 Å². The van der Waals surface area contributed by atoms with Crippen molar-refractivity contribution < 1.29 is 9.59 Å². The predicted octanol–water partition coefficient (Wildman–Crippen LogP) is 0.685. The van der Waals surface area contributed by atoms with E-state index in [-0.39, 0.29) is 23.7 Å². The predicted molar refractivity (Wildman–Crippen MR) is 112 cm³/mol. The molecule has 0 heterocycles. The molecule has 1 rings (SSSR count). The van der Waals surface area contributed by atoms with Crippen LogP contribution in [0.3, 0.4) is 0 Å². The van der Waals surface area contributed by atoms with Gasteiger partial charge in [0.2, 0.25) is 11.8 Å². The number of benzene rings is 1. The number of amides is 2. The lowest BCUT2D eigenvalue weighted by Crippen LogP contribution is -2.52. The van der Waals surface area contributed by atoms with Gasteiger partial charge in [-0.25, -0.2) is 0 Å². The van der Waals surface area contributed by atoms with E-state index in [1.807, 2.05) is 44.2 Å². The first-order chi connectivity index (χ1) is 13.3. The zero-order valence-electron chi connectivity index (χ0n) is 17.0. The zero-order valence-corrected chi connectivity index (χ0v) is 17.0. The first-order valence-corrected chi connectivity index (χ1v) is 9.71. The molecule has 0 aliphatic rings. The molecule has 2 atom stereocenters. The van der Waals surface area contributed by atoms with E-state index in [1.54, 1.807) is 7.05 Å². The highest BCUT2D eigenvalue weighted by Gasteiger charge is 2.24. The number of nitrogens with two attached hydrogens (primary N) is 1. The number of hydrogen-bond donors (Lipinski definition) is 6. The molecule has 8 heteroatoms. The fraction of sp³-hybridized carbons (Fsp3) is 0.550. The van der Waals surface area contributed by atoms with Gasteiger partial charge in [0.15, 0.2) is 5.96 Å². The SMILES string of the molecule is CNC(=N)NCCC[C@@H](N)C(=O)N[C@@H](CC(C)C)C(=O)NCc1ccccc1. The van der Waals surface area contributed by atoms with Gasteiger partial charge in [0.05, 0.1) is 6.04 Å². The molecule has 0 aliphatic heterocycles. The van der Waals surface area contributed by atoms with Crippen LogP contribution in [-0.2, 0) is 16.1 Å². The lowest BCUT2D eigenvalue weighted by atomic mass is 10.0. The van der Waals surface area contributed by atoms with Crippen molar-refractivity contribution in [2.75, 3.05) is 13.6 Å². The standard InChI is InChI=1S/C20H34N6O2/c1-14(2)12-17(19(28)25-13-15-8-5-4-6-9-15)26-18(27)16(21)10-7-11-24-20(22)23-3/h4-6,8-9,14,16-17H,7,10-13,21H2,1-3H3,(H,25,28)(H,26,27)(H3,22,23,24)/t16-,17+/m1/s1. The van der Waals surface area contributed by atoms with Crippen LogP contribution in [-0.4, -0.2) is 43.5 Å². The van der Waals surface area contributed by atoms with Crippen molar-refractivity contribution in [3.63, 3.8) is 0 Å². The van der Waals surface area contributed by atoms with Crippen LogP contribution in [0.2, 0.25) is 0 Å². The highest BCUT2D eigenvalue weighted by atomic mass is 16.2. The van der Waals surface area contributed by atoms with Crippen molar-refractivity contribution in [3.05, 3.63) is 35.9 Å². The van der Waals surface area contributed by atoms with Crippen LogP contribution < -0.4 is 27.0 Å². The lowest BCUT2D eigenvalue weighted by Gasteiger charge is -2.22. The summed E-state index contributed by atoms with van der Waals surface area (Å²) in [5, 5.41) is 18.7.